The van der Waals surface area contributed by atoms with Crippen LogP contribution in [0.5, 0.6) is 0 Å². The molecule has 2 fully saturated rings. The molecule has 2 aliphatic rings. The molecule has 1 aromatic carbocycles. The summed E-state index contributed by atoms with van der Waals surface area (Å²) in [4.78, 5) is 26.6. The molecule has 0 radical (unpaired) electrons. The first-order valence-corrected chi connectivity index (χ1v) is 8.23. The standard InChI is InChI=1S/C16H20ClN3O3.ClH/c17-11-4-1-2-6-13(11)20-8-3-5-12(16(20)22)19-15(21)14-10-18-7-9-23-14;/h1-2,4,6,12,14,18H,3,5,7-10H2,(H,19,21);1H. The van der Waals surface area contributed by atoms with E-state index in [1.54, 1.807) is 11.0 Å². The molecule has 2 N–H and O–H groups in total. The van der Waals surface area contributed by atoms with Gasteiger partial charge in [-0.3, -0.25) is 9.59 Å². The van der Waals surface area contributed by atoms with Crippen LogP contribution in [0, 0.1) is 0 Å². The number of piperidine rings is 1. The van der Waals surface area contributed by atoms with Crippen LogP contribution in [0.2, 0.25) is 5.02 Å². The third kappa shape index (κ3) is 4.19. The summed E-state index contributed by atoms with van der Waals surface area (Å²) in [6.07, 6.45) is 0.907. The molecular weight excluding hydrogens is 353 g/mol. The molecule has 1 aromatic rings. The molecule has 2 amide bonds. The monoisotopic (exact) mass is 373 g/mol. The first-order valence-electron chi connectivity index (χ1n) is 7.85. The third-order valence-electron chi connectivity index (χ3n) is 4.12. The second-order valence-electron chi connectivity index (χ2n) is 5.71. The van der Waals surface area contributed by atoms with Crippen molar-refractivity contribution in [2.24, 2.45) is 0 Å². The summed E-state index contributed by atoms with van der Waals surface area (Å²) in [6, 6.07) is 6.72. The number of ether oxygens (including phenoxy) is 1. The van der Waals surface area contributed by atoms with Gasteiger partial charge < -0.3 is 20.3 Å². The van der Waals surface area contributed by atoms with E-state index in [9.17, 15) is 9.59 Å². The highest BCUT2D eigenvalue weighted by atomic mass is 35.5. The molecule has 2 aliphatic heterocycles. The summed E-state index contributed by atoms with van der Waals surface area (Å²) in [5, 5.41) is 6.46. The van der Waals surface area contributed by atoms with Crippen LogP contribution in [0.15, 0.2) is 24.3 Å². The highest BCUT2D eigenvalue weighted by molar-refractivity contribution is 6.33. The third-order valence-corrected chi connectivity index (χ3v) is 4.44. The number of nitrogens with one attached hydrogen (secondary N) is 2. The molecule has 6 nitrogen and oxygen atoms in total. The average molecular weight is 374 g/mol. The van der Waals surface area contributed by atoms with E-state index in [0.29, 0.717) is 36.8 Å². The Bertz CT molecular complexity index is 594. The topological polar surface area (TPSA) is 70.7 Å². The van der Waals surface area contributed by atoms with Crippen molar-refractivity contribution in [3.63, 3.8) is 0 Å². The Kier molecular flexibility index (Phi) is 6.86. The largest absolute Gasteiger partial charge is 0.366 e. The first kappa shape index (κ1) is 19.0. The highest BCUT2D eigenvalue weighted by Crippen LogP contribution is 2.28. The number of morpholine rings is 1. The summed E-state index contributed by atoms with van der Waals surface area (Å²) < 4.78 is 5.43. The number of amides is 2. The SMILES string of the molecule is Cl.O=C(NC1CCCN(c2ccccc2Cl)C1=O)C1CNCCO1. The smallest absolute Gasteiger partial charge is 0.251 e. The second-order valence-corrected chi connectivity index (χ2v) is 6.12. The van der Waals surface area contributed by atoms with Crippen LogP contribution in [-0.2, 0) is 14.3 Å². The molecule has 8 heteroatoms. The molecule has 132 valence electrons. The fourth-order valence-electron chi connectivity index (χ4n) is 2.92. The molecule has 0 aromatic heterocycles. The Morgan fingerprint density at radius 3 is 2.88 bits per heavy atom. The maximum Gasteiger partial charge on any atom is 0.251 e. The van der Waals surface area contributed by atoms with Crippen LogP contribution in [0.1, 0.15) is 12.8 Å². The summed E-state index contributed by atoms with van der Waals surface area (Å²) in [6.45, 7) is 2.33. The molecule has 0 saturated carbocycles. The lowest BCUT2D eigenvalue weighted by molar-refractivity contribution is -0.137. The van der Waals surface area contributed by atoms with Gasteiger partial charge in [0.05, 0.1) is 17.3 Å². The molecule has 0 spiro atoms. The van der Waals surface area contributed by atoms with E-state index in [4.69, 9.17) is 16.3 Å². The molecule has 0 aliphatic carbocycles. The minimum atomic E-state index is -0.535. The zero-order valence-corrected chi connectivity index (χ0v) is 14.7. The number of nitrogens with zero attached hydrogens (tertiary/aromatic N) is 1. The number of hydrogen-bond acceptors (Lipinski definition) is 4. The Morgan fingerprint density at radius 1 is 1.38 bits per heavy atom. The molecule has 2 atom stereocenters. The Balaban J connectivity index is 0.00000208. The van der Waals surface area contributed by atoms with Crippen molar-refractivity contribution in [3.8, 4) is 0 Å². The van der Waals surface area contributed by atoms with E-state index in [0.717, 1.165) is 13.0 Å². The van der Waals surface area contributed by atoms with Gasteiger partial charge in [0, 0.05) is 19.6 Å². The fraction of sp³-hybridized carbons (Fsp3) is 0.500. The van der Waals surface area contributed by atoms with Gasteiger partial charge in [0.1, 0.15) is 12.1 Å². The summed E-state index contributed by atoms with van der Waals surface area (Å²) in [5.41, 5.74) is 0.689. The number of carbonyl (C=O) groups is 2. The van der Waals surface area contributed by atoms with Gasteiger partial charge in [0.25, 0.3) is 5.91 Å². The summed E-state index contributed by atoms with van der Waals surface area (Å²) in [5.74, 6) is -0.363. The Hall–Kier alpha value is -1.34. The minimum absolute atomic E-state index is 0. The van der Waals surface area contributed by atoms with Crippen LogP contribution in [0.25, 0.3) is 0 Å². The van der Waals surface area contributed by atoms with E-state index in [1.807, 2.05) is 18.2 Å². The van der Waals surface area contributed by atoms with Crippen molar-refractivity contribution >= 4 is 41.5 Å². The normalized spacial score (nSPS) is 24.2. The van der Waals surface area contributed by atoms with Gasteiger partial charge in [0.15, 0.2) is 0 Å². The molecule has 2 saturated heterocycles. The van der Waals surface area contributed by atoms with E-state index in [1.165, 1.54) is 0 Å². The molecule has 2 heterocycles. The van der Waals surface area contributed by atoms with Crippen molar-refractivity contribution in [1.29, 1.82) is 0 Å². The molecule has 0 bridgehead atoms. The maximum absolute atomic E-state index is 12.7. The quantitative estimate of drug-likeness (QED) is 0.838. The minimum Gasteiger partial charge on any atom is -0.366 e. The van der Waals surface area contributed by atoms with Crippen LogP contribution in [0.3, 0.4) is 0 Å². The van der Waals surface area contributed by atoms with Gasteiger partial charge in [-0.2, -0.15) is 0 Å². The van der Waals surface area contributed by atoms with Crippen molar-refractivity contribution in [1.82, 2.24) is 10.6 Å². The second kappa shape index (κ2) is 8.67. The Labute approximate surface area is 152 Å². The summed E-state index contributed by atoms with van der Waals surface area (Å²) in [7, 11) is 0. The van der Waals surface area contributed by atoms with Gasteiger partial charge in [-0.25, -0.2) is 0 Å². The van der Waals surface area contributed by atoms with Gasteiger partial charge in [0.2, 0.25) is 5.91 Å². The van der Waals surface area contributed by atoms with E-state index in [-0.39, 0.29) is 24.2 Å². The summed E-state index contributed by atoms with van der Waals surface area (Å²) >= 11 is 6.19. The maximum atomic E-state index is 12.7. The van der Waals surface area contributed by atoms with Crippen molar-refractivity contribution in [2.45, 2.75) is 25.0 Å². The lowest BCUT2D eigenvalue weighted by Crippen LogP contribution is -2.56. The zero-order valence-electron chi connectivity index (χ0n) is 13.2. The lowest BCUT2D eigenvalue weighted by atomic mass is 10.0. The van der Waals surface area contributed by atoms with Crippen molar-refractivity contribution in [2.75, 3.05) is 31.1 Å². The number of hydrogen-bond donors (Lipinski definition) is 2. The molecule has 2 unspecified atom stereocenters. The lowest BCUT2D eigenvalue weighted by Gasteiger charge is -2.34. The number of anilines is 1. The zero-order chi connectivity index (χ0) is 16.2. The van der Waals surface area contributed by atoms with Crippen LogP contribution in [-0.4, -0.2) is 50.2 Å². The predicted molar refractivity (Wildman–Crippen MR) is 94.8 cm³/mol. The highest BCUT2D eigenvalue weighted by Gasteiger charge is 2.33. The van der Waals surface area contributed by atoms with Gasteiger partial charge in [-0.1, -0.05) is 23.7 Å². The van der Waals surface area contributed by atoms with Crippen LogP contribution >= 0.6 is 24.0 Å². The van der Waals surface area contributed by atoms with Gasteiger partial charge in [-0.15, -0.1) is 12.4 Å². The molecular formula is C16H21Cl2N3O3. The first-order chi connectivity index (χ1) is 11.2. The predicted octanol–water partition coefficient (Wildman–Crippen LogP) is 1.36. The number of halogens is 2. The number of para-hydroxylation sites is 1. The van der Waals surface area contributed by atoms with E-state index in [2.05, 4.69) is 10.6 Å². The molecule has 3 rings (SSSR count). The van der Waals surface area contributed by atoms with E-state index < -0.39 is 12.1 Å². The van der Waals surface area contributed by atoms with Gasteiger partial charge in [-0.05, 0) is 25.0 Å². The van der Waals surface area contributed by atoms with Crippen LogP contribution in [0.4, 0.5) is 5.69 Å². The average Bonchev–Trinajstić information content (AvgIpc) is 2.58. The Morgan fingerprint density at radius 2 is 2.17 bits per heavy atom. The number of benzene rings is 1. The van der Waals surface area contributed by atoms with Crippen LogP contribution < -0.4 is 15.5 Å². The van der Waals surface area contributed by atoms with Gasteiger partial charge >= 0.3 is 0 Å². The van der Waals surface area contributed by atoms with Crippen molar-refractivity contribution in [3.05, 3.63) is 29.3 Å². The van der Waals surface area contributed by atoms with Crippen molar-refractivity contribution < 1.29 is 14.3 Å². The number of rotatable bonds is 3. The number of carbonyl (C=O) groups excluding carboxylic acids is 2. The molecule has 24 heavy (non-hydrogen) atoms. The van der Waals surface area contributed by atoms with E-state index >= 15 is 0 Å². The fourth-order valence-corrected chi connectivity index (χ4v) is 3.16.